The third-order valence-electron chi connectivity index (χ3n) is 4.53. The van der Waals surface area contributed by atoms with E-state index in [1.54, 1.807) is 6.20 Å². The normalized spacial score (nSPS) is 17.8. The standard InChI is InChI=1S/C19H19N3O/c23-13-17-6-3-11-22(17)19-20-10-9-18(21-19)16-8-7-14-4-1-2-5-15(14)12-16/h1-2,4-5,7-10,12,17,23H,3,6,11,13H2/t17-/m0/s1. The Morgan fingerprint density at radius 3 is 2.83 bits per heavy atom. The fourth-order valence-corrected chi connectivity index (χ4v) is 3.29. The highest BCUT2D eigenvalue weighted by Crippen LogP contribution is 2.26. The Labute approximate surface area is 135 Å². The summed E-state index contributed by atoms with van der Waals surface area (Å²) in [4.78, 5) is 11.3. The predicted octanol–water partition coefficient (Wildman–Crippen LogP) is 3.26. The molecule has 0 bridgehead atoms. The molecule has 1 fully saturated rings. The molecule has 1 aromatic heterocycles. The predicted molar refractivity (Wildman–Crippen MR) is 92.4 cm³/mol. The monoisotopic (exact) mass is 305 g/mol. The van der Waals surface area contributed by atoms with Gasteiger partial charge in [0, 0.05) is 18.3 Å². The summed E-state index contributed by atoms with van der Waals surface area (Å²) >= 11 is 0. The lowest BCUT2D eigenvalue weighted by atomic mass is 10.1. The third kappa shape index (κ3) is 2.66. The van der Waals surface area contributed by atoms with Crippen molar-refractivity contribution >= 4 is 16.7 Å². The highest BCUT2D eigenvalue weighted by molar-refractivity contribution is 5.86. The summed E-state index contributed by atoms with van der Waals surface area (Å²) in [6.45, 7) is 1.07. The summed E-state index contributed by atoms with van der Waals surface area (Å²) in [5.74, 6) is 0.715. The van der Waals surface area contributed by atoms with E-state index in [-0.39, 0.29) is 12.6 Å². The SMILES string of the molecule is OC[C@@H]1CCCN1c1nccc(-c2ccc3ccccc3c2)n1. The molecular formula is C19H19N3O. The second-order valence-corrected chi connectivity index (χ2v) is 5.98. The minimum absolute atomic E-state index is 0.141. The molecule has 0 aliphatic carbocycles. The van der Waals surface area contributed by atoms with Gasteiger partial charge in [-0.25, -0.2) is 9.97 Å². The van der Waals surface area contributed by atoms with Crippen molar-refractivity contribution in [3.05, 3.63) is 54.7 Å². The zero-order chi connectivity index (χ0) is 15.6. The molecule has 4 heteroatoms. The maximum absolute atomic E-state index is 9.51. The largest absolute Gasteiger partial charge is 0.394 e. The number of aliphatic hydroxyl groups excluding tert-OH is 1. The Bertz CT molecular complexity index is 833. The molecule has 116 valence electrons. The molecule has 3 aromatic rings. The molecule has 23 heavy (non-hydrogen) atoms. The zero-order valence-corrected chi connectivity index (χ0v) is 12.9. The van der Waals surface area contributed by atoms with Crippen LogP contribution in [0.2, 0.25) is 0 Å². The molecule has 0 radical (unpaired) electrons. The number of benzene rings is 2. The molecule has 2 aromatic carbocycles. The third-order valence-corrected chi connectivity index (χ3v) is 4.53. The number of anilines is 1. The highest BCUT2D eigenvalue weighted by atomic mass is 16.3. The van der Waals surface area contributed by atoms with Crippen LogP contribution in [0.15, 0.2) is 54.7 Å². The molecule has 1 saturated heterocycles. The molecule has 0 amide bonds. The van der Waals surface area contributed by atoms with Crippen molar-refractivity contribution < 1.29 is 5.11 Å². The Hall–Kier alpha value is -2.46. The van der Waals surface area contributed by atoms with Crippen molar-refractivity contribution in [2.24, 2.45) is 0 Å². The van der Waals surface area contributed by atoms with Gasteiger partial charge < -0.3 is 10.0 Å². The van der Waals surface area contributed by atoms with Gasteiger partial charge >= 0.3 is 0 Å². The first-order valence-electron chi connectivity index (χ1n) is 8.05. The summed E-state index contributed by atoms with van der Waals surface area (Å²) in [5, 5.41) is 11.9. The van der Waals surface area contributed by atoms with Crippen molar-refractivity contribution in [1.29, 1.82) is 0 Å². The van der Waals surface area contributed by atoms with E-state index in [4.69, 9.17) is 4.98 Å². The topological polar surface area (TPSA) is 49.2 Å². The molecule has 4 nitrogen and oxygen atoms in total. The van der Waals surface area contributed by atoms with E-state index < -0.39 is 0 Å². The van der Waals surface area contributed by atoms with Crippen LogP contribution in [-0.2, 0) is 0 Å². The van der Waals surface area contributed by atoms with E-state index in [1.807, 2.05) is 18.2 Å². The van der Waals surface area contributed by atoms with Crippen molar-refractivity contribution in [3.8, 4) is 11.3 Å². The number of aromatic nitrogens is 2. The van der Waals surface area contributed by atoms with Crippen molar-refractivity contribution in [2.45, 2.75) is 18.9 Å². The second-order valence-electron chi connectivity index (χ2n) is 5.98. The Morgan fingerprint density at radius 2 is 1.96 bits per heavy atom. The summed E-state index contributed by atoms with van der Waals surface area (Å²) < 4.78 is 0. The molecule has 1 atom stereocenters. The van der Waals surface area contributed by atoms with Crippen LogP contribution >= 0.6 is 0 Å². The van der Waals surface area contributed by atoms with Gasteiger partial charge in [-0.1, -0.05) is 36.4 Å². The molecule has 0 saturated carbocycles. The Balaban J connectivity index is 1.72. The Kier molecular flexibility index (Phi) is 3.67. The summed E-state index contributed by atoms with van der Waals surface area (Å²) in [6, 6.07) is 16.8. The first-order chi connectivity index (χ1) is 11.3. The summed E-state index contributed by atoms with van der Waals surface area (Å²) in [5.41, 5.74) is 2.01. The minimum atomic E-state index is 0.141. The maximum atomic E-state index is 9.51. The number of fused-ring (bicyclic) bond motifs is 1. The van der Waals surface area contributed by atoms with E-state index in [0.29, 0.717) is 5.95 Å². The quantitative estimate of drug-likeness (QED) is 0.807. The first-order valence-corrected chi connectivity index (χ1v) is 8.05. The fourth-order valence-electron chi connectivity index (χ4n) is 3.29. The van der Waals surface area contributed by atoms with Crippen LogP contribution in [0.3, 0.4) is 0 Å². The average molecular weight is 305 g/mol. The molecule has 1 aliphatic rings. The lowest BCUT2D eigenvalue weighted by molar-refractivity contribution is 0.265. The van der Waals surface area contributed by atoms with E-state index in [2.05, 4.69) is 40.2 Å². The minimum Gasteiger partial charge on any atom is -0.394 e. The lowest BCUT2D eigenvalue weighted by Gasteiger charge is -2.23. The van der Waals surface area contributed by atoms with E-state index in [9.17, 15) is 5.11 Å². The number of nitrogens with zero attached hydrogens (tertiary/aromatic N) is 3. The lowest BCUT2D eigenvalue weighted by Crippen LogP contribution is -2.33. The van der Waals surface area contributed by atoms with E-state index >= 15 is 0 Å². The number of rotatable bonds is 3. The van der Waals surface area contributed by atoms with Gasteiger partial charge in [0.15, 0.2) is 0 Å². The van der Waals surface area contributed by atoms with Gasteiger partial charge in [-0.05, 0) is 35.7 Å². The van der Waals surface area contributed by atoms with Gasteiger partial charge in [-0.2, -0.15) is 0 Å². The van der Waals surface area contributed by atoms with Crippen LogP contribution in [0.25, 0.3) is 22.0 Å². The smallest absolute Gasteiger partial charge is 0.226 e. The number of hydrogen-bond donors (Lipinski definition) is 1. The summed E-state index contributed by atoms with van der Waals surface area (Å²) in [7, 11) is 0. The Morgan fingerprint density at radius 1 is 1.09 bits per heavy atom. The molecule has 1 aliphatic heterocycles. The molecule has 1 N–H and O–H groups in total. The number of aliphatic hydroxyl groups is 1. The van der Waals surface area contributed by atoms with Crippen molar-refractivity contribution in [2.75, 3.05) is 18.1 Å². The molecule has 0 spiro atoms. The van der Waals surface area contributed by atoms with Crippen LogP contribution in [0.4, 0.5) is 5.95 Å². The zero-order valence-electron chi connectivity index (χ0n) is 12.9. The van der Waals surface area contributed by atoms with Gasteiger partial charge in [0.05, 0.1) is 18.3 Å². The van der Waals surface area contributed by atoms with Crippen LogP contribution in [0, 0.1) is 0 Å². The second kappa shape index (κ2) is 5.97. The van der Waals surface area contributed by atoms with Gasteiger partial charge in [-0.3, -0.25) is 0 Å². The molecular weight excluding hydrogens is 286 g/mol. The van der Waals surface area contributed by atoms with Crippen molar-refractivity contribution in [3.63, 3.8) is 0 Å². The van der Waals surface area contributed by atoms with E-state index in [1.165, 1.54) is 10.8 Å². The highest BCUT2D eigenvalue weighted by Gasteiger charge is 2.26. The maximum Gasteiger partial charge on any atom is 0.226 e. The van der Waals surface area contributed by atoms with Crippen molar-refractivity contribution in [1.82, 2.24) is 9.97 Å². The van der Waals surface area contributed by atoms with Crippen LogP contribution in [0.5, 0.6) is 0 Å². The molecule has 4 rings (SSSR count). The van der Waals surface area contributed by atoms with Gasteiger partial charge in [-0.15, -0.1) is 0 Å². The average Bonchev–Trinajstić information content (AvgIpc) is 3.10. The van der Waals surface area contributed by atoms with Gasteiger partial charge in [0.25, 0.3) is 0 Å². The summed E-state index contributed by atoms with van der Waals surface area (Å²) in [6.07, 6.45) is 3.88. The van der Waals surface area contributed by atoms with Crippen LogP contribution in [-0.4, -0.2) is 34.3 Å². The van der Waals surface area contributed by atoms with Gasteiger partial charge in [0.2, 0.25) is 5.95 Å². The van der Waals surface area contributed by atoms with Crippen LogP contribution in [0.1, 0.15) is 12.8 Å². The molecule has 2 heterocycles. The fraction of sp³-hybridized carbons (Fsp3) is 0.263. The number of hydrogen-bond acceptors (Lipinski definition) is 4. The van der Waals surface area contributed by atoms with E-state index in [0.717, 1.165) is 30.6 Å². The van der Waals surface area contributed by atoms with Gasteiger partial charge in [0.1, 0.15) is 0 Å². The first kappa shape index (κ1) is 14.2. The van der Waals surface area contributed by atoms with Crippen LogP contribution < -0.4 is 4.90 Å². The molecule has 0 unspecified atom stereocenters.